The van der Waals surface area contributed by atoms with Crippen molar-refractivity contribution < 1.29 is 24.0 Å². The normalized spacial score (nSPS) is 26.3. The first kappa shape index (κ1) is 17.6. The van der Waals surface area contributed by atoms with E-state index in [0.29, 0.717) is 6.42 Å². The van der Waals surface area contributed by atoms with Gasteiger partial charge in [0.25, 0.3) is 5.91 Å². The quantitative estimate of drug-likeness (QED) is 0.431. The summed E-state index contributed by atoms with van der Waals surface area (Å²) in [5.41, 5.74) is 5.65. The zero-order valence-corrected chi connectivity index (χ0v) is 13.9. The van der Waals surface area contributed by atoms with Gasteiger partial charge in [-0.2, -0.15) is 5.06 Å². The fraction of sp³-hybridized carbons (Fsp3) is 0.500. The van der Waals surface area contributed by atoms with Crippen molar-refractivity contribution >= 4 is 17.8 Å². The van der Waals surface area contributed by atoms with Gasteiger partial charge in [0.1, 0.15) is 0 Å². The SMILES string of the molecule is CCC(C1C#CC=C=C=C1)C1C(=O)ON(CC(=O)OC)C(=O)[C@@H]1C. The molecule has 1 aliphatic carbocycles. The van der Waals surface area contributed by atoms with Crippen molar-refractivity contribution in [1.29, 1.82) is 0 Å². The first-order valence-corrected chi connectivity index (χ1v) is 7.76. The summed E-state index contributed by atoms with van der Waals surface area (Å²) in [4.78, 5) is 41.4. The van der Waals surface area contributed by atoms with Crippen LogP contribution in [0.4, 0.5) is 0 Å². The molecule has 6 nitrogen and oxygen atoms in total. The van der Waals surface area contributed by atoms with Gasteiger partial charge in [0.15, 0.2) is 6.54 Å². The van der Waals surface area contributed by atoms with Gasteiger partial charge in [0.2, 0.25) is 0 Å². The van der Waals surface area contributed by atoms with Crippen molar-refractivity contribution in [1.82, 2.24) is 5.06 Å². The molecule has 0 aromatic heterocycles. The molecule has 0 N–H and O–H groups in total. The van der Waals surface area contributed by atoms with Crippen molar-refractivity contribution in [2.45, 2.75) is 20.3 Å². The van der Waals surface area contributed by atoms with Crippen LogP contribution in [0, 0.1) is 35.5 Å². The van der Waals surface area contributed by atoms with E-state index in [0.717, 1.165) is 5.06 Å². The highest BCUT2D eigenvalue weighted by molar-refractivity contribution is 5.91. The molecule has 1 amide bonds. The second-order valence-electron chi connectivity index (χ2n) is 5.66. The molecule has 24 heavy (non-hydrogen) atoms. The first-order chi connectivity index (χ1) is 11.5. The van der Waals surface area contributed by atoms with Gasteiger partial charge < -0.3 is 9.57 Å². The van der Waals surface area contributed by atoms with E-state index in [-0.39, 0.29) is 11.8 Å². The maximum atomic E-state index is 12.5. The van der Waals surface area contributed by atoms with Gasteiger partial charge in [-0.1, -0.05) is 43.6 Å². The summed E-state index contributed by atoms with van der Waals surface area (Å²) < 4.78 is 4.51. The highest BCUT2D eigenvalue weighted by Gasteiger charge is 2.47. The zero-order chi connectivity index (χ0) is 17.7. The summed E-state index contributed by atoms with van der Waals surface area (Å²) in [5, 5.41) is 0.776. The second kappa shape index (κ2) is 7.70. The summed E-state index contributed by atoms with van der Waals surface area (Å²) in [7, 11) is 1.20. The smallest absolute Gasteiger partial charge is 0.336 e. The predicted molar refractivity (Wildman–Crippen MR) is 83.7 cm³/mol. The number of carbonyl (C=O) groups excluding carboxylic acids is 3. The van der Waals surface area contributed by atoms with Crippen LogP contribution in [-0.2, 0) is 24.0 Å². The molecule has 126 valence electrons. The number of esters is 1. The van der Waals surface area contributed by atoms with Crippen LogP contribution >= 0.6 is 0 Å². The monoisotopic (exact) mass is 329 g/mol. The van der Waals surface area contributed by atoms with Gasteiger partial charge >= 0.3 is 11.9 Å². The number of allylic oxidation sites excluding steroid dienone is 2. The van der Waals surface area contributed by atoms with Crippen molar-refractivity contribution in [3.8, 4) is 11.8 Å². The van der Waals surface area contributed by atoms with E-state index in [4.69, 9.17) is 4.84 Å². The molecule has 3 unspecified atom stereocenters. The molecule has 1 saturated heterocycles. The summed E-state index contributed by atoms with van der Waals surface area (Å²) >= 11 is 0. The topological polar surface area (TPSA) is 72.9 Å². The molecule has 0 aromatic carbocycles. The number of methoxy groups -OCH3 is 1. The highest BCUT2D eigenvalue weighted by atomic mass is 16.7. The number of nitrogens with zero attached hydrogens (tertiary/aromatic N) is 1. The lowest BCUT2D eigenvalue weighted by Gasteiger charge is -2.37. The summed E-state index contributed by atoms with van der Waals surface area (Å²) in [6, 6.07) is 0. The van der Waals surface area contributed by atoms with E-state index in [1.54, 1.807) is 19.1 Å². The van der Waals surface area contributed by atoms with Crippen molar-refractivity contribution in [2.24, 2.45) is 23.7 Å². The molecule has 0 saturated carbocycles. The maximum Gasteiger partial charge on any atom is 0.336 e. The number of carbonyl (C=O) groups is 3. The van der Waals surface area contributed by atoms with Crippen LogP contribution in [0.25, 0.3) is 0 Å². The van der Waals surface area contributed by atoms with Gasteiger partial charge in [0, 0.05) is 6.08 Å². The lowest BCUT2D eigenvalue weighted by molar-refractivity contribution is -0.222. The van der Waals surface area contributed by atoms with Crippen LogP contribution in [0.5, 0.6) is 0 Å². The van der Waals surface area contributed by atoms with Gasteiger partial charge in [-0.3, -0.25) is 4.79 Å². The van der Waals surface area contributed by atoms with Crippen LogP contribution in [0.3, 0.4) is 0 Å². The molecule has 2 aliphatic rings. The Kier molecular flexibility index (Phi) is 5.65. The summed E-state index contributed by atoms with van der Waals surface area (Å²) in [5.74, 6) is 2.64. The van der Waals surface area contributed by atoms with E-state index in [1.165, 1.54) is 7.11 Å². The lowest BCUT2D eigenvalue weighted by Crippen LogP contribution is -2.52. The van der Waals surface area contributed by atoms with Crippen LogP contribution in [0.1, 0.15) is 20.3 Å². The molecule has 1 aliphatic heterocycles. The van der Waals surface area contributed by atoms with Crippen molar-refractivity contribution in [3.63, 3.8) is 0 Å². The highest BCUT2D eigenvalue weighted by Crippen LogP contribution is 2.36. The Morgan fingerprint density at radius 3 is 2.83 bits per heavy atom. The molecule has 0 radical (unpaired) electrons. The van der Waals surface area contributed by atoms with E-state index in [2.05, 4.69) is 28.0 Å². The minimum atomic E-state index is -0.650. The number of rotatable bonds is 5. The minimum Gasteiger partial charge on any atom is -0.468 e. The fourth-order valence-electron chi connectivity index (χ4n) is 2.99. The molecular formula is C18H19NO5. The Hall–Kier alpha value is -2.73. The largest absolute Gasteiger partial charge is 0.468 e. The molecule has 0 bridgehead atoms. The molecule has 0 aromatic rings. The first-order valence-electron chi connectivity index (χ1n) is 7.76. The summed E-state index contributed by atoms with van der Waals surface area (Å²) in [6.07, 6.45) is 3.97. The van der Waals surface area contributed by atoms with Gasteiger partial charge in [0.05, 0.1) is 24.9 Å². The summed E-state index contributed by atoms with van der Waals surface area (Å²) in [6.45, 7) is 3.19. The van der Waals surface area contributed by atoms with Crippen molar-refractivity contribution in [3.05, 3.63) is 23.6 Å². The Labute approximate surface area is 140 Å². The number of hydroxylamine groups is 2. The van der Waals surface area contributed by atoms with Crippen LogP contribution in [0.2, 0.25) is 0 Å². The molecule has 6 heteroatoms. The van der Waals surface area contributed by atoms with Gasteiger partial charge in [-0.05, 0) is 12.0 Å². The Balaban J connectivity index is 2.22. The predicted octanol–water partition coefficient (Wildman–Crippen LogP) is 1.24. The van der Waals surface area contributed by atoms with Crippen LogP contribution < -0.4 is 0 Å². The molecular weight excluding hydrogens is 310 g/mol. The fourth-order valence-corrected chi connectivity index (χ4v) is 2.99. The Bertz CT molecular complexity index is 701. The molecule has 1 heterocycles. The standard InChI is InChI=1S/C18H19NO5/c1-4-14(13-9-7-5-6-8-10-13)16-12(2)17(21)19(24-18(16)22)11-15(20)23-3/h5,10,12-14,16H,4,11H2,1-3H3/t12-,13?,14?,16?/m1/s1. The van der Waals surface area contributed by atoms with Gasteiger partial charge in [-0.15, -0.1) is 0 Å². The van der Waals surface area contributed by atoms with Crippen molar-refractivity contribution in [2.75, 3.05) is 13.7 Å². The number of amides is 1. The average molecular weight is 329 g/mol. The third kappa shape index (κ3) is 3.60. The van der Waals surface area contributed by atoms with E-state index < -0.39 is 36.2 Å². The van der Waals surface area contributed by atoms with E-state index in [9.17, 15) is 14.4 Å². The Morgan fingerprint density at radius 1 is 1.42 bits per heavy atom. The van der Waals surface area contributed by atoms with Crippen LogP contribution in [0.15, 0.2) is 23.6 Å². The number of hydrogen-bond donors (Lipinski definition) is 0. The Morgan fingerprint density at radius 2 is 2.17 bits per heavy atom. The average Bonchev–Trinajstić information content (AvgIpc) is 2.85. The van der Waals surface area contributed by atoms with Crippen LogP contribution in [-0.4, -0.2) is 36.6 Å². The third-order valence-corrected chi connectivity index (χ3v) is 4.28. The maximum absolute atomic E-state index is 12.5. The molecule has 0 spiro atoms. The third-order valence-electron chi connectivity index (χ3n) is 4.28. The zero-order valence-electron chi connectivity index (χ0n) is 13.9. The number of ether oxygens (including phenoxy) is 1. The molecule has 2 rings (SSSR count). The van der Waals surface area contributed by atoms with Gasteiger partial charge in [-0.25, -0.2) is 9.59 Å². The van der Waals surface area contributed by atoms with E-state index >= 15 is 0 Å². The number of hydrogen-bond acceptors (Lipinski definition) is 5. The second-order valence-corrected chi connectivity index (χ2v) is 5.66. The molecule has 4 atom stereocenters. The van der Waals surface area contributed by atoms with E-state index in [1.807, 2.05) is 6.92 Å². The molecule has 1 fully saturated rings. The lowest BCUT2D eigenvalue weighted by atomic mass is 9.73. The minimum absolute atomic E-state index is 0.190.